The van der Waals surface area contributed by atoms with Crippen LogP contribution < -0.4 is 0 Å². The van der Waals surface area contributed by atoms with Gasteiger partial charge in [-0.25, -0.2) is 0 Å². The molecule has 0 spiro atoms. The third-order valence-corrected chi connectivity index (χ3v) is 10.7. The van der Waals surface area contributed by atoms with Crippen LogP contribution in [0.15, 0.2) is 11.6 Å². The molecule has 2 N–H and O–H groups in total. The zero-order valence-electron chi connectivity index (χ0n) is 18.4. The van der Waals surface area contributed by atoms with E-state index in [1.54, 1.807) is 5.57 Å². The average Bonchev–Trinajstić information content (AvgIpc) is 3.29. The van der Waals surface area contributed by atoms with Crippen LogP contribution in [0.4, 0.5) is 0 Å². The molecule has 0 aromatic heterocycles. The van der Waals surface area contributed by atoms with E-state index in [1.165, 1.54) is 44.9 Å². The molecule has 5 rings (SSSR count). The van der Waals surface area contributed by atoms with Crippen molar-refractivity contribution in [3.05, 3.63) is 11.6 Å². The highest BCUT2D eigenvalue weighted by molar-refractivity contribution is 5.25. The topological polar surface area (TPSA) is 40.5 Å². The lowest BCUT2D eigenvalue weighted by Crippen LogP contribution is -2.50. The van der Waals surface area contributed by atoms with Gasteiger partial charge in [-0.1, -0.05) is 32.4 Å². The normalized spacial score (nSPS) is 50.2. The maximum atomic E-state index is 10.3. The second-order valence-electron chi connectivity index (χ2n) is 12.1. The summed E-state index contributed by atoms with van der Waals surface area (Å²) < 4.78 is 0. The van der Waals surface area contributed by atoms with Gasteiger partial charge in [0.2, 0.25) is 0 Å². The second-order valence-corrected chi connectivity index (χ2v) is 12.1. The Balaban J connectivity index is 1.33. The Kier molecular flexibility index (Phi) is 4.61. The summed E-state index contributed by atoms with van der Waals surface area (Å²) in [6.45, 7) is 7.66. The van der Waals surface area contributed by atoms with Crippen molar-refractivity contribution in [2.24, 2.45) is 40.4 Å². The molecule has 0 heterocycles. The van der Waals surface area contributed by atoms with E-state index in [1.807, 2.05) is 0 Å². The van der Waals surface area contributed by atoms with E-state index < -0.39 is 0 Å². The van der Waals surface area contributed by atoms with Gasteiger partial charge in [-0.3, -0.25) is 0 Å². The molecule has 0 aromatic carbocycles. The van der Waals surface area contributed by atoms with Crippen LogP contribution in [0.1, 0.15) is 97.8 Å². The van der Waals surface area contributed by atoms with Gasteiger partial charge in [-0.15, -0.1) is 0 Å². The molecule has 0 radical (unpaired) electrons. The van der Waals surface area contributed by atoms with Crippen molar-refractivity contribution in [2.45, 2.75) is 110 Å². The van der Waals surface area contributed by atoms with E-state index >= 15 is 0 Å². The quantitative estimate of drug-likeness (QED) is 0.593. The van der Waals surface area contributed by atoms with Gasteiger partial charge in [0.15, 0.2) is 0 Å². The van der Waals surface area contributed by atoms with Gasteiger partial charge in [-0.05, 0) is 117 Å². The van der Waals surface area contributed by atoms with Crippen molar-refractivity contribution in [1.29, 1.82) is 0 Å². The van der Waals surface area contributed by atoms with Crippen LogP contribution >= 0.6 is 0 Å². The lowest BCUT2D eigenvalue weighted by Gasteiger charge is -2.58. The molecular formula is C26H42O2. The van der Waals surface area contributed by atoms with Crippen molar-refractivity contribution in [2.75, 3.05) is 0 Å². The first-order chi connectivity index (χ1) is 13.3. The van der Waals surface area contributed by atoms with Crippen molar-refractivity contribution >= 4 is 0 Å². The number of hydrogen-bond acceptors (Lipinski definition) is 2. The predicted octanol–water partition coefficient (Wildman–Crippen LogP) is 5.87. The monoisotopic (exact) mass is 386 g/mol. The highest BCUT2D eigenvalue weighted by Gasteiger charge is 2.59. The molecule has 0 amide bonds. The molecule has 4 fully saturated rings. The van der Waals surface area contributed by atoms with Crippen LogP contribution in [0.2, 0.25) is 0 Å². The van der Waals surface area contributed by atoms with Gasteiger partial charge >= 0.3 is 0 Å². The molecule has 158 valence electrons. The van der Waals surface area contributed by atoms with Gasteiger partial charge in [0, 0.05) is 0 Å². The first-order valence-electron chi connectivity index (χ1n) is 12.4. The van der Waals surface area contributed by atoms with E-state index in [0.29, 0.717) is 10.8 Å². The molecule has 8 unspecified atom stereocenters. The zero-order chi connectivity index (χ0) is 19.7. The highest BCUT2D eigenvalue weighted by atomic mass is 16.3. The minimum absolute atomic E-state index is 0.0947. The Labute approximate surface area is 172 Å². The number of fused-ring (bicyclic) bond motifs is 5. The standard InChI is InChI=1S/C26H42O2/c1-17(8-13-26(28)14-15-26)21-6-7-22-20-5-4-18-16-19(27)9-11-24(18,2)23(20)10-12-25(21,22)3/h4,17,19-23,27-28H,5-16H2,1-3H3. The number of hydrogen-bond donors (Lipinski definition) is 2. The summed E-state index contributed by atoms with van der Waals surface area (Å²) in [5.41, 5.74) is 2.19. The molecule has 2 heteroatoms. The van der Waals surface area contributed by atoms with Crippen LogP contribution in [0.5, 0.6) is 0 Å². The average molecular weight is 387 g/mol. The first kappa shape index (κ1) is 19.6. The Morgan fingerprint density at radius 3 is 2.57 bits per heavy atom. The number of aliphatic hydroxyl groups is 2. The third kappa shape index (κ3) is 2.96. The largest absolute Gasteiger partial charge is 0.393 e. The summed E-state index contributed by atoms with van der Waals surface area (Å²) >= 11 is 0. The van der Waals surface area contributed by atoms with E-state index in [4.69, 9.17) is 0 Å². The fraction of sp³-hybridized carbons (Fsp3) is 0.923. The molecule has 0 aliphatic heterocycles. The SMILES string of the molecule is CC(CCC1(O)CC1)C1CCC2C3CC=C4CC(O)CCC4(C)C3CCC12C. The van der Waals surface area contributed by atoms with Crippen molar-refractivity contribution < 1.29 is 10.2 Å². The molecular weight excluding hydrogens is 344 g/mol. The molecule has 5 aliphatic carbocycles. The summed E-state index contributed by atoms with van der Waals surface area (Å²) in [5.74, 6) is 4.22. The smallest absolute Gasteiger partial charge is 0.0650 e. The Hall–Kier alpha value is -0.340. The zero-order valence-corrected chi connectivity index (χ0v) is 18.4. The number of aliphatic hydroxyl groups excluding tert-OH is 1. The molecule has 5 aliphatic rings. The van der Waals surface area contributed by atoms with Gasteiger partial charge in [0.25, 0.3) is 0 Å². The minimum Gasteiger partial charge on any atom is -0.393 e. The summed E-state index contributed by atoms with van der Waals surface area (Å²) in [4.78, 5) is 0. The fourth-order valence-electron chi connectivity index (χ4n) is 8.71. The summed E-state index contributed by atoms with van der Waals surface area (Å²) in [6, 6.07) is 0. The molecule has 0 aromatic rings. The first-order valence-corrected chi connectivity index (χ1v) is 12.4. The van der Waals surface area contributed by atoms with Crippen LogP contribution in [-0.4, -0.2) is 21.9 Å². The lowest BCUT2D eigenvalue weighted by molar-refractivity contribution is -0.0579. The highest BCUT2D eigenvalue weighted by Crippen LogP contribution is 2.67. The summed E-state index contributed by atoms with van der Waals surface area (Å²) in [5, 5.41) is 20.5. The lowest BCUT2D eigenvalue weighted by atomic mass is 9.47. The van der Waals surface area contributed by atoms with Crippen LogP contribution in [-0.2, 0) is 0 Å². The van der Waals surface area contributed by atoms with Gasteiger partial charge in [-0.2, -0.15) is 0 Å². The van der Waals surface area contributed by atoms with E-state index in [2.05, 4.69) is 26.8 Å². The Bertz CT molecular complexity index is 649. The van der Waals surface area contributed by atoms with Crippen molar-refractivity contribution in [3.63, 3.8) is 0 Å². The van der Waals surface area contributed by atoms with Gasteiger partial charge in [0.1, 0.15) is 0 Å². The maximum Gasteiger partial charge on any atom is 0.0650 e. The van der Waals surface area contributed by atoms with Crippen LogP contribution in [0.25, 0.3) is 0 Å². The van der Waals surface area contributed by atoms with E-state index in [0.717, 1.165) is 61.7 Å². The van der Waals surface area contributed by atoms with Crippen molar-refractivity contribution in [3.8, 4) is 0 Å². The summed E-state index contributed by atoms with van der Waals surface area (Å²) in [6.07, 6.45) is 16.8. The van der Waals surface area contributed by atoms with E-state index in [9.17, 15) is 10.2 Å². The molecule has 0 saturated heterocycles. The van der Waals surface area contributed by atoms with Crippen LogP contribution in [0, 0.1) is 40.4 Å². The Morgan fingerprint density at radius 2 is 1.82 bits per heavy atom. The second kappa shape index (κ2) is 6.58. The maximum absolute atomic E-state index is 10.3. The third-order valence-electron chi connectivity index (χ3n) is 10.7. The molecule has 2 nitrogen and oxygen atoms in total. The van der Waals surface area contributed by atoms with Crippen LogP contribution in [0.3, 0.4) is 0 Å². The number of allylic oxidation sites excluding steroid dienone is 1. The summed E-state index contributed by atoms with van der Waals surface area (Å²) in [7, 11) is 0. The molecule has 28 heavy (non-hydrogen) atoms. The fourth-order valence-corrected chi connectivity index (χ4v) is 8.71. The molecule has 8 atom stereocenters. The minimum atomic E-state index is -0.282. The Morgan fingerprint density at radius 1 is 1.04 bits per heavy atom. The van der Waals surface area contributed by atoms with Crippen molar-refractivity contribution in [1.82, 2.24) is 0 Å². The van der Waals surface area contributed by atoms with Gasteiger partial charge < -0.3 is 10.2 Å². The molecule has 4 saturated carbocycles. The van der Waals surface area contributed by atoms with Gasteiger partial charge in [0.05, 0.1) is 11.7 Å². The molecule has 0 bridgehead atoms. The predicted molar refractivity (Wildman–Crippen MR) is 114 cm³/mol. The van der Waals surface area contributed by atoms with E-state index in [-0.39, 0.29) is 11.7 Å². The number of rotatable bonds is 4.